The molecule has 0 bridgehead atoms. The lowest BCUT2D eigenvalue weighted by Crippen LogP contribution is -2.14. The highest BCUT2D eigenvalue weighted by atomic mass is 16.5. The normalized spacial score (nSPS) is 10.4. The van der Waals surface area contributed by atoms with E-state index in [0.717, 1.165) is 16.8 Å². The van der Waals surface area contributed by atoms with Crippen molar-refractivity contribution in [3.05, 3.63) is 71.0 Å². The first-order valence-electron chi connectivity index (χ1n) is 8.59. The van der Waals surface area contributed by atoms with Gasteiger partial charge in [-0.05, 0) is 55.7 Å². The molecule has 0 saturated heterocycles. The van der Waals surface area contributed by atoms with Crippen molar-refractivity contribution in [2.45, 2.75) is 20.8 Å². The van der Waals surface area contributed by atoms with Crippen LogP contribution in [0, 0.1) is 20.8 Å². The second-order valence-electron chi connectivity index (χ2n) is 6.33. The van der Waals surface area contributed by atoms with Crippen LogP contribution in [0.15, 0.2) is 48.8 Å². The van der Waals surface area contributed by atoms with Gasteiger partial charge in [0.05, 0.1) is 18.4 Å². The molecule has 0 atom stereocenters. The highest BCUT2D eigenvalue weighted by Gasteiger charge is 2.11. The number of rotatable bonds is 5. The Bertz CT molecular complexity index is 968. The number of aromatic nitrogens is 2. The van der Waals surface area contributed by atoms with Crippen LogP contribution in [0.4, 0.5) is 17.3 Å². The molecule has 0 fully saturated rings. The summed E-state index contributed by atoms with van der Waals surface area (Å²) in [5.74, 6) is 0.744. The third-order valence-electron chi connectivity index (χ3n) is 4.37. The van der Waals surface area contributed by atoms with Gasteiger partial charge in [-0.25, -0.2) is 9.97 Å². The van der Waals surface area contributed by atoms with Crippen LogP contribution in [-0.2, 0) is 0 Å². The summed E-state index contributed by atoms with van der Waals surface area (Å²) in [4.78, 5) is 21.0. The molecule has 138 valence electrons. The van der Waals surface area contributed by atoms with Gasteiger partial charge in [0, 0.05) is 18.1 Å². The minimum Gasteiger partial charge on any atom is -0.495 e. The molecule has 2 N–H and O–H groups in total. The predicted octanol–water partition coefficient (Wildman–Crippen LogP) is 4.41. The molecule has 3 aromatic rings. The quantitative estimate of drug-likeness (QED) is 0.703. The number of aryl methyl sites for hydroxylation is 2. The number of methoxy groups -OCH3 is 1. The van der Waals surface area contributed by atoms with E-state index in [-0.39, 0.29) is 5.91 Å². The molecule has 0 radical (unpaired) electrons. The second kappa shape index (κ2) is 7.86. The van der Waals surface area contributed by atoms with Gasteiger partial charge >= 0.3 is 0 Å². The zero-order valence-electron chi connectivity index (χ0n) is 15.8. The Kier molecular flexibility index (Phi) is 5.35. The van der Waals surface area contributed by atoms with Crippen molar-refractivity contribution < 1.29 is 9.53 Å². The first-order valence-corrected chi connectivity index (χ1v) is 8.59. The number of carbonyl (C=O) groups excluding carboxylic acids is 1. The van der Waals surface area contributed by atoms with Crippen LogP contribution in [-0.4, -0.2) is 23.0 Å². The van der Waals surface area contributed by atoms with Gasteiger partial charge < -0.3 is 15.4 Å². The summed E-state index contributed by atoms with van der Waals surface area (Å²) in [6.07, 6.45) is 3.00. The van der Waals surface area contributed by atoms with Gasteiger partial charge in [-0.1, -0.05) is 18.2 Å². The van der Waals surface area contributed by atoms with Crippen LogP contribution in [0.3, 0.4) is 0 Å². The van der Waals surface area contributed by atoms with Crippen molar-refractivity contribution in [2.75, 3.05) is 17.7 Å². The molecule has 0 aliphatic rings. The van der Waals surface area contributed by atoms with Gasteiger partial charge in [-0.2, -0.15) is 0 Å². The van der Waals surface area contributed by atoms with E-state index in [0.29, 0.717) is 22.9 Å². The maximum atomic E-state index is 12.5. The summed E-state index contributed by atoms with van der Waals surface area (Å²) >= 11 is 0. The van der Waals surface area contributed by atoms with E-state index in [9.17, 15) is 4.79 Å². The molecule has 2 aromatic carbocycles. The highest BCUT2D eigenvalue weighted by molar-refractivity contribution is 6.04. The van der Waals surface area contributed by atoms with Crippen molar-refractivity contribution in [3.8, 4) is 5.75 Å². The summed E-state index contributed by atoms with van der Waals surface area (Å²) in [6.45, 7) is 6.04. The fraction of sp³-hybridized carbons (Fsp3) is 0.190. The van der Waals surface area contributed by atoms with Crippen molar-refractivity contribution >= 4 is 23.2 Å². The molecule has 0 aliphatic carbocycles. The molecule has 27 heavy (non-hydrogen) atoms. The lowest BCUT2D eigenvalue weighted by molar-refractivity contribution is 0.102. The lowest BCUT2D eigenvalue weighted by Gasteiger charge is -2.12. The van der Waals surface area contributed by atoms with Gasteiger partial charge in [-0.3, -0.25) is 4.79 Å². The first-order chi connectivity index (χ1) is 13.0. The summed E-state index contributed by atoms with van der Waals surface area (Å²) in [6, 6.07) is 11.6. The monoisotopic (exact) mass is 362 g/mol. The second-order valence-corrected chi connectivity index (χ2v) is 6.33. The predicted molar refractivity (Wildman–Crippen MR) is 107 cm³/mol. The zero-order chi connectivity index (χ0) is 19.4. The summed E-state index contributed by atoms with van der Waals surface area (Å²) in [5.41, 5.74) is 5.26. The smallest absolute Gasteiger partial charge is 0.258 e. The van der Waals surface area contributed by atoms with E-state index >= 15 is 0 Å². The third kappa shape index (κ3) is 4.23. The summed E-state index contributed by atoms with van der Waals surface area (Å²) in [7, 11) is 1.57. The number of hydrogen-bond acceptors (Lipinski definition) is 5. The number of hydrogen-bond donors (Lipinski definition) is 2. The van der Waals surface area contributed by atoms with Crippen LogP contribution < -0.4 is 15.4 Å². The summed E-state index contributed by atoms with van der Waals surface area (Å²) in [5, 5.41) is 6.02. The van der Waals surface area contributed by atoms with Gasteiger partial charge in [0.25, 0.3) is 5.91 Å². The van der Waals surface area contributed by atoms with E-state index in [2.05, 4.69) is 20.6 Å². The number of ether oxygens (including phenoxy) is 1. The lowest BCUT2D eigenvalue weighted by atomic mass is 10.1. The molecule has 1 amide bonds. The third-order valence-corrected chi connectivity index (χ3v) is 4.37. The molecule has 0 saturated carbocycles. The number of nitrogens with zero attached hydrogens (tertiary/aromatic N) is 2. The average Bonchev–Trinajstić information content (AvgIpc) is 2.66. The Labute approximate surface area is 158 Å². The Morgan fingerprint density at radius 2 is 1.74 bits per heavy atom. The van der Waals surface area contributed by atoms with Crippen LogP contribution in [0.2, 0.25) is 0 Å². The van der Waals surface area contributed by atoms with Crippen LogP contribution in [0.5, 0.6) is 5.75 Å². The van der Waals surface area contributed by atoms with E-state index in [1.165, 1.54) is 18.0 Å². The number of anilines is 3. The minimum atomic E-state index is -0.294. The van der Waals surface area contributed by atoms with Crippen LogP contribution in [0.25, 0.3) is 0 Å². The molecule has 0 unspecified atom stereocenters. The van der Waals surface area contributed by atoms with Crippen molar-refractivity contribution in [2.24, 2.45) is 0 Å². The van der Waals surface area contributed by atoms with Gasteiger partial charge in [0.2, 0.25) is 5.95 Å². The van der Waals surface area contributed by atoms with Crippen molar-refractivity contribution in [1.82, 2.24) is 9.97 Å². The molecule has 1 aromatic heterocycles. The maximum absolute atomic E-state index is 12.5. The maximum Gasteiger partial charge on any atom is 0.258 e. The topological polar surface area (TPSA) is 76.1 Å². The Hall–Kier alpha value is -3.41. The molecule has 0 aliphatic heterocycles. The van der Waals surface area contributed by atoms with Crippen molar-refractivity contribution in [3.63, 3.8) is 0 Å². The molecule has 3 rings (SSSR count). The average molecular weight is 362 g/mol. The van der Waals surface area contributed by atoms with E-state index in [1.54, 1.807) is 7.11 Å². The molecular formula is C21H22N4O2. The van der Waals surface area contributed by atoms with Gasteiger partial charge in [-0.15, -0.1) is 0 Å². The number of amides is 1. The Morgan fingerprint density at radius 3 is 2.44 bits per heavy atom. The Balaban J connectivity index is 1.74. The number of nitrogens with one attached hydrogen (secondary N) is 2. The minimum absolute atomic E-state index is 0.294. The highest BCUT2D eigenvalue weighted by Crippen LogP contribution is 2.26. The van der Waals surface area contributed by atoms with Gasteiger partial charge in [0.1, 0.15) is 5.75 Å². The van der Waals surface area contributed by atoms with E-state index in [4.69, 9.17) is 4.74 Å². The van der Waals surface area contributed by atoms with Crippen LogP contribution in [0.1, 0.15) is 27.0 Å². The SMILES string of the molecule is COc1ccc(C)cc1NC(=O)c1cnc(Nc2cccc(C)c2C)nc1. The Morgan fingerprint density at radius 1 is 1.00 bits per heavy atom. The molecular weight excluding hydrogens is 340 g/mol. The summed E-state index contributed by atoms with van der Waals surface area (Å²) < 4.78 is 5.29. The standard InChI is InChI=1S/C21H22N4O2/c1-13-8-9-19(27-4)18(10-13)24-20(26)16-11-22-21(23-12-16)25-17-7-5-6-14(2)15(17)3/h5-12H,1-4H3,(H,24,26)(H,22,23,25). The zero-order valence-corrected chi connectivity index (χ0v) is 15.8. The molecule has 6 nitrogen and oxygen atoms in total. The van der Waals surface area contributed by atoms with Crippen LogP contribution >= 0.6 is 0 Å². The van der Waals surface area contributed by atoms with Crippen molar-refractivity contribution in [1.29, 1.82) is 0 Å². The van der Waals surface area contributed by atoms with E-state index < -0.39 is 0 Å². The molecule has 1 heterocycles. The fourth-order valence-electron chi connectivity index (χ4n) is 2.63. The molecule has 6 heteroatoms. The first kappa shape index (κ1) is 18.4. The number of benzene rings is 2. The number of carbonyl (C=O) groups is 1. The fourth-order valence-corrected chi connectivity index (χ4v) is 2.63. The van der Waals surface area contributed by atoms with E-state index in [1.807, 2.05) is 57.2 Å². The molecule has 0 spiro atoms. The largest absolute Gasteiger partial charge is 0.495 e. The van der Waals surface area contributed by atoms with Gasteiger partial charge in [0.15, 0.2) is 0 Å².